The third-order valence-corrected chi connectivity index (χ3v) is 4.68. The van der Waals surface area contributed by atoms with E-state index in [1.165, 1.54) is 0 Å². The molecule has 0 aromatic heterocycles. The molecule has 7 heteroatoms. The number of carbonyl (C=O) groups excluding carboxylic acids is 2. The van der Waals surface area contributed by atoms with Crippen molar-refractivity contribution in [2.45, 2.75) is 12.5 Å². The van der Waals surface area contributed by atoms with E-state index >= 15 is 0 Å². The summed E-state index contributed by atoms with van der Waals surface area (Å²) in [5.41, 5.74) is 1.11. The summed E-state index contributed by atoms with van der Waals surface area (Å²) in [6.07, 6.45) is 0.283. The molecule has 0 spiro atoms. The lowest BCUT2D eigenvalue weighted by Gasteiger charge is -2.36. The van der Waals surface area contributed by atoms with Crippen molar-refractivity contribution in [2.75, 3.05) is 51.3 Å². The summed E-state index contributed by atoms with van der Waals surface area (Å²) in [4.78, 5) is 28.3. The van der Waals surface area contributed by atoms with Crippen LogP contribution < -0.4 is 20.3 Å². The maximum absolute atomic E-state index is 12.4. The molecule has 0 radical (unpaired) electrons. The van der Waals surface area contributed by atoms with Gasteiger partial charge in [-0.05, 0) is 12.1 Å². The van der Waals surface area contributed by atoms with Gasteiger partial charge in [0.05, 0.1) is 26.6 Å². The molecule has 3 N–H and O–H groups in total. The summed E-state index contributed by atoms with van der Waals surface area (Å²) < 4.78 is 5.27. The Bertz CT molecular complexity index is 599. The van der Waals surface area contributed by atoms with Crippen molar-refractivity contribution in [1.82, 2.24) is 10.2 Å². The van der Waals surface area contributed by atoms with Gasteiger partial charge in [0.1, 0.15) is 5.75 Å². The normalized spacial score (nSPS) is 21.4. The van der Waals surface area contributed by atoms with E-state index in [0.717, 1.165) is 31.1 Å². The Hall–Kier alpha value is -2.28. The lowest BCUT2D eigenvalue weighted by atomic mass is 10.1. The number of hydrogen-bond acceptors (Lipinski definition) is 4. The topological polar surface area (TPSA) is 78.5 Å². The maximum Gasteiger partial charge on any atom is 0.278 e. The van der Waals surface area contributed by atoms with Gasteiger partial charge in [-0.2, -0.15) is 0 Å². The third kappa shape index (κ3) is 3.79. The molecular formula is C17H25N4O3+. The average molecular weight is 333 g/mol. The van der Waals surface area contributed by atoms with Gasteiger partial charge in [0.2, 0.25) is 5.91 Å². The van der Waals surface area contributed by atoms with E-state index in [-0.39, 0.29) is 24.3 Å². The standard InChI is InChI=1S/C17H24N4O3/c1-24-14-4-2-3-13(11-14)20-7-9-21(10-8-20)16(22)12-15-17(23)19-6-5-18-15/h2-4,11,15,18H,5-10,12H2,1H3,(H,19,23)/p+1/t15-/m1/s1. The molecule has 24 heavy (non-hydrogen) atoms. The monoisotopic (exact) mass is 333 g/mol. The molecule has 2 aliphatic rings. The zero-order valence-corrected chi connectivity index (χ0v) is 14.0. The van der Waals surface area contributed by atoms with Crippen LogP contribution in [-0.4, -0.2) is 69.1 Å². The van der Waals surface area contributed by atoms with Crippen molar-refractivity contribution in [3.8, 4) is 5.75 Å². The first-order valence-electron chi connectivity index (χ1n) is 8.45. The maximum atomic E-state index is 12.4. The SMILES string of the molecule is COc1cccc(N2CCN(C(=O)C[C@H]3[NH2+]CCNC3=O)CC2)c1. The van der Waals surface area contributed by atoms with E-state index in [2.05, 4.69) is 16.3 Å². The highest BCUT2D eigenvalue weighted by Crippen LogP contribution is 2.22. The van der Waals surface area contributed by atoms with Crippen molar-refractivity contribution in [1.29, 1.82) is 0 Å². The Balaban J connectivity index is 1.52. The van der Waals surface area contributed by atoms with Crippen LogP contribution in [0, 0.1) is 0 Å². The van der Waals surface area contributed by atoms with Crippen LogP contribution in [0.15, 0.2) is 24.3 Å². The molecule has 2 saturated heterocycles. The van der Waals surface area contributed by atoms with Gasteiger partial charge in [-0.25, -0.2) is 0 Å². The van der Waals surface area contributed by atoms with E-state index in [4.69, 9.17) is 4.74 Å². The van der Waals surface area contributed by atoms with Crippen LogP contribution in [0.4, 0.5) is 5.69 Å². The van der Waals surface area contributed by atoms with Crippen LogP contribution >= 0.6 is 0 Å². The number of anilines is 1. The first-order valence-corrected chi connectivity index (χ1v) is 8.45. The fourth-order valence-corrected chi connectivity index (χ4v) is 3.23. The van der Waals surface area contributed by atoms with Gasteiger partial charge in [0.15, 0.2) is 6.04 Å². The Morgan fingerprint density at radius 2 is 2.12 bits per heavy atom. The highest BCUT2D eigenvalue weighted by Gasteiger charge is 2.31. The molecule has 0 saturated carbocycles. The van der Waals surface area contributed by atoms with Crippen molar-refractivity contribution >= 4 is 17.5 Å². The molecule has 2 aliphatic heterocycles. The summed E-state index contributed by atoms with van der Waals surface area (Å²) >= 11 is 0. The summed E-state index contributed by atoms with van der Waals surface area (Å²) in [6.45, 7) is 4.48. The molecule has 0 aliphatic carbocycles. The molecule has 0 bridgehead atoms. The predicted octanol–water partition coefficient (Wildman–Crippen LogP) is -1.20. The van der Waals surface area contributed by atoms with E-state index in [1.54, 1.807) is 7.11 Å². The number of amides is 2. The van der Waals surface area contributed by atoms with E-state index in [1.807, 2.05) is 28.4 Å². The molecule has 1 aromatic carbocycles. The number of nitrogens with zero attached hydrogens (tertiary/aromatic N) is 2. The number of nitrogens with two attached hydrogens (primary N) is 1. The second-order valence-corrected chi connectivity index (χ2v) is 6.20. The summed E-state index contributed by atoms with van der Waals surface area (Å²) in [5.74, 6) is 0.882. The largest absolute Gasteiger partial charge is 0.497 e. The van der Waals surface area contributed by atoms with Crippen LogP contribution in [0.5, 0.6) is 5.75 Å². The van der Waals surface area contributed by atoms with Gasteiger partial charge in [-0.3, -0.25) is 9.59 Å². The van der Waals surface area contributed by atoms with Gasteiger partial charge >= 0.3 is 0 Å². The number of quaternary nitrogens is 1. The fourth-order valence-electron chi connectivity index (χ4n) is 3.23. The van der Waals surface area contributed by atoms with Crippen LogP contribution in [0.2, 0.25) is 0 Å². The zero-order valence-electron chi connectivity index (χ0n) is 14.0. The molecule has 2 amide bonds. The Labute approximate surface area is 141 Å². The van der Waals surface area contributed by atoms with Crippen molar-refractivity contribution in [2.24, 2.45) is 0 Å². The first kappa shape index (κ1) is 16.6. The minimum absolute atomic E-state index is 0.0235. The van der Waals surface area contributed by atoms with Crippen molar-refractivity contribution in [3.05, 3.63) is 24.3 Å². The molecule has 1 atom stereocenters. The predicted molar refractivity (Wildman–Crippen MR) is 90.0 cm³/mol. The van der Waals surface area contributed by atoms with Gasteiger partial charge in [-0.15, -0.1) is 0 Å². The molecule has 1 aromatic rings. The summed E-state index contributed by atoms with van der Waals surface area (Å²) in [5, 5.41) is 4.78. The molecule has 130 valence electrons. The summed E-state index contributed by atoms with van der Waals surface area (Å²) in [7, 11) is 1.66. The molecule has 7 nitrogen and oxygen atoms in total. The number of rotatable bonds is 4. The molecule has 0 unspecified atom stereocenters. The molecular weight excluding hydrogens is 308 g/mol. The molecule has 2 heterocycles. The van der Waals surface area contributed by atoms with Gasteiger partial charge in [0, 0.05) is 37.9 Å². The minimum Gasteiger partial charge on any atom is -0.497 e. The van der Waals surface area contributed by atoms with E-state index in [0.29, 0.717) is 19.6 Å². The highest BCUT2D eigenvalue weighted by atomic mass is 16.5. The number of ether oxygens (including phenoxy) is 1. The first-order chi connectivity index (χ1) is 11.7. The highest BCUT2D eigenvalue weighted by molar-refractivity contribution is 5.87. The second kappa shape index (κ2) is 7.53. The number of carbonyl (C=O) groups is 2. The fraction of sp³-hybridized carbons (Fsp3) is 0.529. The van der Waals surface area contributed by atoms with Crippen LogP contribution in [0.3, 0.4) is 0 Å². The number of piperazine rings is 2. The van der Waals surface area contributed by atoms with Crippen LogP contribution in [0.25, 0.3) is 0 Å². The summed E-state index contributed by atoms with van der Waals surface area (Å²) in [6, 6.07) is 7.70. The number of methoxy groups -OCH3 is 1. The zero-order chi connectivity index (χ0) is 16.9. The van der Waals surface area contributed by atoms with Gasteiger partial charge in [-0.1, -0.05) is 6.07 Å². The third-order valence-electron chi connectivity index (χ3n) is 4.68. The Morgan fingerprint density at radius 1 is 1.33 bits per heavy atom. The smallest absolute Gasteiger partial charge is 0.278 e. The molecule has 2 fully saturated rings. The number of nitrogens with one attached hydrogen (secondary N) is 1. The molecule has 3 rings (SSSR count). The number of benzene rings is 1. The van der Waals surface area contributed by atoms with E-state index in [9.17, 15) is 9.59 Å². The Morgan fingerprint density at radius 3 is 2.83 bits per heavy atom. The van der Waals surface area contributed by atoms with Crippen LogP contribution in [0.1, 0.15) is 6.42 Å². The lowest BCUT2D eigenvalue weighted by Crippen LogP contribution is -2.96. The van der Waals surface area contributed by atoms with Crippen molar-refractivity contribution in [3.63, 3.8) is 0 Å². The minimum atomic E-state index is -0.275. The quantitative estimate of drug-likeness (QED) is 0.725. The number of hydrogen-bond donors (Lipinski definition) is 2. The Kier molecular flexibility index (Phi) is 5.20. The van der Waals surface area contributed by atoms with Gasteiger partial charge < -0.3 is 25.2 Å². The van der Waals surface area contributed by atoms with Gasteiger partial charge in [0.25, 0.3) is 5.91 Å². The lowest BCUT2D eigenvalue weighted by molar-refractivity contribution is -0.678. The van der Waals surface area contributed by atoms with Crippen molar-refractivity contribution < 1.29 is 19.6 Å². The average Bonchev–Trinajstić information content (AvgIpc) is 2.64. The van der Waals surface area contributed by atoms with Crippen LogP contribution in [-0.2, 0) is 9.59 Å². The second-order valence-electron chi connectivity index (χ2n) is 6.20. The van der Waals surface area contributed by atoms with E-state index < -0.39 is 0 Å².